The van der Waals surface area contributed by atoms with Gasteiger partial charge in [-0.15, -0.1) is 0 Å². The van der Waals surface area contributed by atoms with Crippen molar-refractivity contribution in [3.05, 3.63) is 18.1 Å². The Balaban J connectivity index is 1.88. The third kappa shape index (κ3) is 2.12. The van der Waals surface area contributed by atoms with E-state index in [1.165, 1.54) is 25.7 Å². The fourth-order valence-corrected chi connectivity index (χ4v) is 3.09. The summed E-state index contributed by atoms with van der Waals surface area (Å²) >= 11 is 0. The Labute approximate surface area is 113 Å². The molecule has 1 aliphatic heterocycles. The average Bonchev–Trinajstić information content (AvgIpc) is 3.02. The lowest BCUT2D eigenvalue weighted by Gasteiger charge is -2.35. The van der Waals surface area contributed by atoms with Crippen LogP contribution in [0.4, 0.5) is 5.82 Å². The summed E-state index contributed by atoms with van der Waals surface area (Å²) in [5, 5.41) is 13.1. The van der Waals surface area contributed by atoms with E-state index in [1.807, 2.05) is 4.90 Å². The smallest absolute Gasteiger partial charge is 0.206 e. The lowest BCUT2D eigenvalue weighted by atomic mass is 10.1. The van der Waals surface area contributed by atoms with E-state index in [9.17, 15) is 5.11 Å². The second-order valence-corrected chi connectivity index (χ2v) is 5.49. The van der Waals surface area contributed by atoms with E-state index in [0.717, 1.165) is 36.0 Å². The van der Waals surface area contributed by atoms with Crippen molar-refractivity contribution in [3.63, 3.8) is 0 Å². The second-order valence-electron chi connectivity index (χ2n) is 5.49. The quantitative estimate of drug-likeness (QED) is 0.783. The van der Waals surface area contributed by atoms with Crippen molar-refractivity contribution in [2.45, 2.75) is 51.3 Å². The number of fused-ring (bicyclic) bond motifs is 1. The molecule has 5 nitrogen and oxygen atoms in total. The van der Waals surface area contributed by atoms with Crippen LogP contribution in [0, 0.1) is 0 Å². The minimum absolute atomic E-state index is 0.539. The molecule has 3 N–H and O–H groups in total. The van der Waals surface area contributed by atoms with E-state index in [2.05, 4.69) is 28.8 Å². The number of hydrogen-bond donors (Lipinski definition) is 3. The van der Waals surface area contributed by atoms with Crippen LogP contribution < -0.4 is 5.32 Å². The maximum absolute atomic E-state index is 10.1. The Morgan fingerprint density at radius 2 is 2.16 bits per heavy atom. The number of nitrogens with one attached hydrogen (secondary N) is 2. The number of aromatic nitrogens is 2. The molecule has 104 valence electrons. The maximum Gasteiger partial charge on any atom is 0.206 e. The number of nitrogens with zero attached hydrogens (tertiary/aromatic N) is 2. The molecule has 0 radical (unpaired) electrons. The number of aliphatic hydroxyl groups is 1. The first-order valence-corrected chi connectivity index (χ1v) is 7.21. The molecule has 1 aliphatic carbocycles. The summed E-state index contributed by atoms with van der Waals surface area (Å²) in [6.07, 6.45) is 5.24. The molecular formula is C14H22N4O. The van der Waals surface area contributed by atoms with Crippen LogP contribution in [-0.2, 0) is 0 Å². The Hall–Kier alpha value is -1.49. The molecule has 1 aromatic rings. The molecular weight excluding hydrogens is 240 g/mol. The van der Waals surface area contributed by atoms with Gasteiger partial charge in [0.05, 0.1) is 5.70 Å². The van der Waals surface area contributed by atoms with Gasteiger partial charge >= 0.3 is 0 Å². The Morgan fingerprint density at radius 1 is 1.42 bits per heavy atom. The van der Waals surface area contributed by atoms with Crippen molar-refractivity contribution in [2.24, 2.45) is 0 Å². The number of aromatic amines is 1. The maximum atomic E-state index is 10.1. The molecule has 19 heavy (non-hydrogen) atoms. The lowest BCUT2D eigenvalue weighted by molar-refractivity contribution is 0.0673. The first kappa shape index (κ1) is 12.5. The van der Waals surface area contributed by atoms with Crippen molar-refractivity contribution in [2.75, 3.05) is 11.9 Å². The number of imidazole rings is 1. The van der Waals surface area contributed by atoms with E-state index in [0.29, 0.717) is 5.92 Å². The normalized spacial score (nSPS) is 23.6. The van der Waals surface area contributed by atoms with Gasteiger partial charge in [0.1, 0.15) is 11.5 Å². The fourth-order valence-electron chi connectivity index (χ4n) is 3.09. The summed E-state index contributed by atoms with van der Waals surface area (Å²) < 4.78 is 0. The topological polar surface area (TPSA) is 64.2 Å². The molecule has 1 atom stereocenters. The standard InChI is InChI=1S/C14H22N4O/c1-3-8-18-9(2)11-13(17-14(18)19)16-12(15-11)10-6-4-5-7-10/h10,14,17,19H,2-8H2,1H3,(H,15,16). The zero-order valence-electron chi connectivity index (χ0n) is 11.4. The first-order chi connectivity index (χ1) is 9.20. The number of H-pyrrole nitrogens is 1. The van der Waals surface area contributed by atoms with Crippen molar-refractivity contribution < 1.29 is 5.11 Å². The number of anilines is 1. The van der Waals surface area contributed by atoms with Gasteiger partial charge in [-0.3, -0.25) is 0 Å². The predicted molar refractivity (Wildman–Crippen MR) is 75.5 cm³/mol. The summed E-state index contributed by atoms with van der Waals surface area (Å²) in [6.45, 7) is 6.97. The number of hydrogen-bond acceptors (Lipinski definition) is 4. The molecule has 5 heteroatoms. The molecule has 0 spiro atoms. The van der Waals surface area contributed by atoms with Crippen LogP contribution in [0.3, 0.4) is 0 Å². The van der Waals surface area contributed by atoms with Crippen LogP contribution in [0.15, 0.2) is 6.58 Å². The molecule has 1 fully saturated rings. The summed E-state index contributed by atoms with van der Waals surface area (Å²) in [5.41, 5.74) is 1.76. The number of aliphatic hydroxyl groups excluding tert-OH is 1. The largest absolute Gasteiger partial charge is 0.356 e. The molecule has 2 aliphatic rings. The van der Waals surface area contributed by atoms with E-state index in [4.69, 9.17) is 0 Å². The summed E-state index contributed by atoms with van der Waals surface area (Å²) in [6, 6.07) is 0. The van der Waals surface area contributed by atoms with Crippen LogP contribution in [0.1, 0.15) is 56.5 Å². The Morgan fingerprint density at radius 3 is 2.84 bits per heavy atom. The van der Waals surface area contributed by atoms with E-state index < -0.39 is 6.35 Å². The molecule has 0 aromatic carbocycles. The van der Waals surface area contributed by atoms with Gasteiger partial charge in [0, 0.05) is 12.5 Å². The van der Waals surface area contributed by atoms with Crippen LogP contribution in [-0.4, -0.2) is 32.9 Å². The third-order valence-electron chi connectivity index (χ3n) is 4.12. The van der Waals surface area contributed by atoms with E-state index >= 15 is 0 Å². The van der Waals surface area contributed by atoms with Gasteiger partial charge in [-0.05, 0) is 19.3 Å². The van der Waals surface area contributed by atoms with Gasteiger partial charge in [0.25, 0.3) is 0 Å². The minimum atomic E-state index is -0.723. The zero-order valence-corrected chi connectivity index (χ0v) is 11.4. The first-order valence-electron chi connectivity index (χ1n) is 7.21. The molecule has 0 saturated heterocycles. The Bertz CT molecular complexity index is 476. The highest BCUT2D eigenvalue weighted by Gasteiger charge is 2.30. The van der Waals surface area contributed by atoms with Gasteiger partial charge in [-0.2, -0.15) is 0 Å². The van der Waals surface area contributed by atoms with Crippen LogP contribution >= 0.6 is 0 Å². The summed E-state index contributed by atoms with van der Waals surface area (Å²) in [7, 11) is 0. The summed E-state index contributed by atoms with van der Waals surface area (Å²) in [4.78, 5) is 9.90. The highest BCUT2D eigenvalue weighted by molar-refractivity contribution is 5.72. The summed E-state index contributed by atoms with van der Waals surface area (Å²) in [5.74, 6) is 2.32. The molecule has 2 heterocycles. The minimum Gasteiger partial charge on any atom is -0.356 e. The second kappa shape index (κ2) is 4.89. The molecule has 1 unspecified atom stereocenters. The highest BCUT2D eigenvalue weighted by Crippen LogP contribution is 2.37. The molecule has 1 saturated carbocycles. The monoisotopic (exact) mass is 262 g/mol. The third-order valence-corrected chi connectivity index (χ3v) is 4.12. The SMILES string of the molecule is C=C1c2[nH]c(C3CCCC3)nc2NC(O)N1CCC. The van der Waals surface area contributed by atoms with Crippen molar-refractivity contribution in [3.8, 4) is 0 Å². The van der Waals surface area contributed by atoms with Crippen molar-refractivity contribution in [1.82, 2.24) is 14.9 Å². The molecule has 1 aromatic heterocycles. The van der Waals surface area contributed by atoms with E-state index in [-0.39, 0.29) is 0 Å². The molecule has 0 bridgehead atoms. The average molecular weight is 262 g/mol. The van der Waals surface area contributed by atoms with Gasteiger partial charge in [0.2, 0.25) is 6.35 Å². The van der Waals surface area contributed by atoms with Crippen LogP contribution in [0.25, 0.3) is 5.70 Å². The fraction of sp³-hybridized carbons (Fsp3) is 0.643. The van der Waals surface area contributed by atoms with Crippen LogP contribution in [0.5, 0.6) is 0 Å². The lowest BCUT2D eigenvalue weighted by Crippen LogP contribution is -2.43. The van der Waals surface area contributed by atoms with Gasteiger partial charge in [-0.1, -0.05) is 26.3 Å². The number of rotatable bonds is 3. The van der Waals surface area contributed by atoms with E-state index in [1.54, 1.807) is 0 Å². The van der Waals surface area contributed by atoms with Crippen molar-refractivity contribution >= 4 is 11.5 Å². The Kier molecular flexibility index (Phi) is 3.22. The van der Waals surface area contributed by atoms with Gasteiger partial charge < -0.3 is 20.3 Å². The zero-order chi connectivity index (χ0) is 13.4. The molecule has 3 rings (SSSR count). The van der Waals surface area contributed by atoms with Crippen LogP contribution in [0.2, 0.25) is 0 Å². The van der Waals surface area contributed by atoms with Crippen molar-refractivity contribution in [1.29, 1.82) is 0 Å². The highest BCUT2D eigenvalue weighted by atomic mass is 16.3. The van der Waals surface area contributed by atoms with Gasteiger partial charge in [0.15, 0.2) is 5.82 Å². The molecule has 0 amide bonds. The predicted octanol–water partition coefficient (Wildman–Crippen LogP) is 2.45. The van der Waals surface area contributed by atoms with Gasteiger partial charge in [-0.25, -0.2) is 4.98 Å².